The third-order valence-electron chi connectivity index (χ3n) is 3.67. The zero-order valence-electron chi connectivity index (χ0n) is 11.7. The van der Waals surface area contributed by atoms with E-state index in [0.717, 1.165) is 19.6 Å². The Morgan fingerprint density at radius 2 is 2.47 bits per heavy atom. The summed E-state index contributed by atoms with van der Waals surface area (Å²) in [6, 6.07) is 2.73. The van der Waals surface area contributed by atoms with E-state index in [0.29, 0.717) is 12.1 Å². The molecule has 108 valence electrons. The molecule has 1 fully saturated rings. The van der Waals surface area contributed by atoms with E-state index in [4.69, 9.17) is 4.74 Å². The summed E-state index contributed by atoms with van der Waals surface area (Å²) in [5.41, 5.74) is 0. The second-order valence-electron chi connectivity index (χ2n) is 5.26. The van der Waals surface area contributed by atoms with Crippen LogP contribution >= 0.6 is 27.3 Å². The van der Waals surface area contributed by atoms with Crippen molar-refractivity contribution in [2.24, 2.45) is 0 Å². The van der Waals surface area contributed by atoms with Crippen LogP contribution in [0.4, 0.5) is 0 Å². The van der Waals surface area contributed by atoms with Gasteiger partial charge in [0.15, 0.2) is 0 Å². The molecule has 1 aliphatic heterocycles. The molecule has 4 heteroatoms. The normalized spacial score (nSPS) is 20.8. The van der Waals surface area contributed by atoms with E-state index in [1.807, 2.05) is 11.3 Å². The monoisotopic (exact) mass is 345 g/mol. The molecule has 0 bridgehead atoms. The fraction of sp³-hybridized carbons (Fsp3) is 0.733. The van der Waals surface area contributed by atoms with Gasteiger partial charge >= 0.3 is 0 Å². The lowest BCUT2D eigenvalue weighted by Crippen LogP contribution is -2.32. The Balaban J connectivity index is 1.82. The van der Waals surface area contributed by atoms with Crippen LogP contribution in [-0.2, 0) is 11.2 Å². The second kappa shape index (κ2) is 8.40. The third-order valence-corrected chi connectivity index (χ3v) is 5.62. The predicted octanol–water partition coefficient (Wildman–Crippen LogP) is 4.38. The van der Waals surface area contributed by atoms with Gasteiger partial charge in [-0.05, 0) is 72.4 Å². The van der Waals surface area contributed by atoms with E-state index in [1.54, 1.807) is 0 Å². The maximum Gasteiger partial charge on any atom is 0.0576 e. The van der Waals surface area contributed by atoms with Crippen molar-refractivity contribution in [3.63, 3.8) is 0 Å². The van der Waals surface area contributed by atoms with Crippen LogP contribution in [-0.4, -0.2) is 25.3 Å². The molecule has 2 rings (SSSR count). The van der Waals surface area contributed by atoms with Crippen molar-refractivity contribution >= 4 is 27.3 Å². The summed E-state index contributed by atoms with van der Waals surface area (Å²) < 4.78 is 6.99. The molecule has 0 amide bonds. The van der Waals surface area contributed by atoms with Crippen molar-refractivity contribution in [2.75, 3.05) is 13.2 Å². The first-order valence-corrected chi connectivity index (χ1v) is 9.03. The van der Waals surface area contributed by atoms with E-state index in [-0.39, 0.29) is 0 Å². The zero-order chi connectivity index (χ0) is 13.5. The number of hydrogen-bond acceptors (Lipinski definition) is 3. The first-order chi connectivity index (χ1) is 9.29. The van der Waals surface area contributed by atoms with Crippen molar-refractivity contribution in [3.05, 3.63) is 20.8 Å². The van der Waals surface area contributed by atoms with E-state index in [9.17, 15) is 0 Å². The molecule has 2 nitrogen and oxygen atoms in total. The van der Waals surface area contributed by atoms with Gasteiger partial charge < -0.3 is 10.1 Å². The van der Waals surface area contributed by atoms with E-state index in [1.165, 1.54) is 41.5 Å². The largest absolute Gasteiger partial charge is 0.378 e. The molecule has 1 saturated heterocycles. The Bertz CT molecular complexity index is 363. The van der Waals surface area contributed by atoms with Crippen molar-refractivity contribution in [2.45, 2.75) is 57.6 Å². The van der Waals surface area contributed by atoms with Crippen LogP contribution in [0.3, 0.4) is 0 Å². The number of rotatable bonds is 8. The Morgan fingerprint density at radius 1 is 1.58 bits per heavy atom. The topological polar surface area (TPSA) is 21.3 Å². The predicted molar refractivity (Wildman–Crippen MR) is 86.0 cm³/mol. The first kappa shape index (κ1) is 15.5. The molecule has 0 aliphatic carbocycles. The summed E-state index contributed by atoms with van der Waals surface area (Å²) in [6.45, 7) is 4.30. The van der Waals surface area contributed by atoms with Crippen molar-refractivity contribution in [3.8, 4) is 0 Å². The Kier molecular flexibility index (Phi) is 6.85. The summed E-state index contributed by atoms with van der Waals surface area (Å²) >= 11 is 5.49. The molecular weight excluding hydrogens is 322 g/mol. The number of nitrogens with one attached hydrogen (secondary N) is 1. The number of ether oxygens (including phenoxy) is 1. The minimum absolute atomic E-state index is 0.512. The van der Waals surface area contributed by atoms with Crippen LogP contribution in [0.2, 0.25) is 0 Å². The maximum atomic E-state index is 5.73. The standard InChI is InChI=1S/C15H24BrNOS/c1-2-8-17-12(5-6-13-4-3-9-18-13)11-15-14(16)7-10-19-15/h7,10,12-13,17H,2-6,8-9,11H2,1H3. The Hall–Kier alpha value is 0.100. The molecule has 0 saturated carbocycles. The molecule has 0 spiro atoms. The average Bonchev–Trinajstić information content (AvgIpc) is 3.05. The molecule has 2 heterocycles. The van der Waals surface area contributed by atoms with Crippen molar-refractivity contribution in [1.82, 2.24) is 5.32 Å². The SMILES string of the molecule is CCCNC(CCC1CCCO1)Cc1sccc1Br. The quantitative estimate of drug-likeness (QED) is 0.754. The lowest BCUT2D eigenvalue weighted by molar-refractivity contribution is 0.0996. The van der Waals surface area contributed by atoms with Crippen LogP contribution in [0, 0.1) is 0 Å². The number of halogens is 1. The summed E-state index contributed by atoms with van der Waals surface area (Å²) in [4.78, 5) is 1.46. The lowest BCUT2D eigenvalue weighted by Gasteiger charge is -2.20. The van der Waals surface area contributed by atoms with E-state index >= 15 is 0 Å². The molecule has 1 aliphatic rings. The van der Waals surface area contributed by atoms with Gasteiger partial charge in [0, 0.05) is 22.0 Å². The zero-order valence-corrected chi connectivity index (χ0v) is 14.1. The fourth-order valence-electron chi connectivity index (χ4n) is 2.58. The van der Waals surface area contributed by atoms with Gasteiger partial charge in [0.25, 0.3) is 0 Å². The fourth-order valence-corrected chi connectivity index (χ4v) is 4.17. The van der Waals surface area contributed by atoms with Gasteiger partial charge in [-0.2, -0.15) is 0 Å². The van der Waals surface area contributed by atoms with Crippen LogP contribution in [0.5, 0.6) is 0 Å². The highest BCUT2D eigenvalue weighted by Crippen LogP contribution is 2.26. The lowest BCUT2D eigenvalue weighted by atomic mass is 10.0. The molecule has 1 aromatic rings. The minimum Gasteiger partial charge on any atom is -0.378 e. The van der Waals surface area contributed by atoms with E-state index in [2.05, 4.69) is 39.6 Å². The van der Waals surface area contributed by atoms with Crippen molar-refractivity contribution in [1.29, 1.82) is 0 Å². The summed E-state index contributed by atoms with van der Waals surface area (Å²) in [6.07, 6.45) is 7.75. The summed E-state index contributed by atoms with van der Waals surface area (Å²) in [5, 5.41) is 5.85. The first-order valence-electron chi connectivity index (χ1n) is 7.36. The third kappa shape index (κ3) is 5.18. The van der Waals surface area contributed by atoms with Crippen LogP contribution in [0.15, 0.2) is 15.9 Å². The molecule has 19 heavy (non-hydrogen) atoms. The summed E-state index contributed by atoms with van der Waals surface area (Å²) in [7, 11) is 0. The molecule has 0 aromatic carbocycles. The molecule has 2 unspecified atom stereocenters. The van der Waals surface area contributed by atoms with Gasteiger partial charge in [0.05, 0.1) is 6.10 Å². The maximum absolute atomic E-state index is 5.73. The highest BCUT2D eigenvalue weighted by Gasteiger charge is 2.18. The van der Waals surface area contributed by atoms with Crippen molar-refractivity contribution < 1.29 is 4.74 Å². The van der Waals surface area contributed by atoms with Crippen LogP contribution < -0.4 is 5.32 Å². The highest BCUT2D eigenvalue weighted by atomic mass is 79.9. The highest BCUT2D eigenvalue weighted by molar-refractivity contribution is 9.10. The van der Waals surface area contributed by atoms with Crippen LogP contribution in [0.25, 0.3) is 0 Å². The molecule has 1 aromatic heterocycles. The van der Waals surface area contributed by atoms with Gasteiger partial charge in [-0.25, -0.2) is 0 Å². The van der Waals surface area contributed by atoms with Gasteiger partial charge in [-0.15, -0.1) is 11.3 Å². The summed E-state index contributed by atoms with van der Waals surface area (Å²) in [5.74, 6) is 0. The van der Waals surface area contributed by atoms with Gasteiger partial charge in [-0.3, -0.25) is 0 Å². The molecule has 1 N–H and O–H groups in total. The molecular formula is C15H24BrNOS. The Morgan fingerprint density at radius 3 is 3.11 bits per heavy atom. The second-order valence-corrected chi connectivity index (χ2v) is 7.11. The molecule has 0 radical (unpaired) electrons. The van der Waals surface area contributed by atoms with Gasteiger partial charge in [0.2, 0.25) is 0 Å². The number of hydrogen-bond donors (Lipinski definition) is 1. The smallest absolute Gasteiger partial charge is 0.0576 e. The number of thiophene rings is 1. The van der Waals surface area contributed by atoms with E-state index < -0.39 is 0 Å². The van der Waals surface area contributed by atoms with Gasteiger partial charge in [0.1, 0.15) is 0 Å². The molecule has 2 atom stereocenters. The Labute approximate surface area is 129 Å². The average molecular weight is 346 g/mol. The van der Waals surface area contributed by atoms with Gasteiger partial charge in [-0.1, -0.05) is 6.92 Å². The minimum atomic E-state index is 0.512. The van der Waals surface area contributed by atoms with Crippen LogP contribution in [0.1, 0.15) is 43.9 Å².